The second-order valence-corrected chi connectivity index (χ2v) is 5.93. The average molecular weight is 331 g/mol. The van der Waals surface area contributed by atoms with Gasteiger partial charge in [0, 0.05) is 12.8 Å². The van der Waals surface area contributed by atoms with E-state index in [1.807, 2.05) is 48.0 Å². The summed E-state index contributed by atoms with van der Waals surface area (Å²) in [6.45, 7) is 0. The van der Waals surface area contributed by atoms with Gasteiger partial charge in [-0.1, -0.05) is 23.9 Å². The molecule has 1 aromatic carbocycles. The summed E-state index contributed by atoms with van der Waals surface area (Å²) >= 11 is 1.44. The van der Waals surface area contributed by atoms with E-state index in [0.717, 1.165) is 16.5 Å². The van der Waals surface area contributed by atoms with E-state index in [1.54, 1.807) is 13.4 Å². The highest BCUT2D eigenvalue weighted by Crippen LogP contribution is 2.27. The molecule has 7 heteroatoms. The molecule has 1 atom stereocenters. The molecule has 2 heterocycles. The monoisotopic (exact) mass is 331 g/mol. The molecule has 0 aliphatic rings. The maximum absolute atomic E-state index is 10.3. The number of aromatic nitrogens is 3. The van der Waals surface area contributed by atoms with Crippen molar-refractivity contribution < 1.29 is 14.3 Å². The Morgan fingerprint density at radius 3 is 2.91 bits per heavy atom. The molecule has 0 radical (unpaired) electrons. The van der Waals surface area contributed by atoms with Gasteiger partial charge in [-0.3, -0.25) is 0 Å². The summed E-state index contributed by atoms with van der Waals surface area (Å²) in [6.07, 6.45) is 0.988. The molecule has 0 saturated carbocycles. The van der Waals surface area contributed by atoms with Gasteiger partial charge in [0.25, 0.3) is 0 Å². The number of hydrogen-bond acceptors (Lipinski definition) is 6. The van der Waals surface area contributed by atoms with E-state index < -0.39 is 6.10 Å². The fraction of sp³-hybridized carbons (Fsp3) is 0.250. The largest absolute Gasteiger partial charge is 0.497 e. The number of benzene rings is 1. The van der Waals surface area contributed by atoms with Gasteiger partial charge in [0.1, 0.15) is 5.75 Å². The fourth-order valence-corrected chi connectivity index (χ4v) is 3.04. The molecular weight excluding hydrogens is 314 g/mol. The van der Waals surface area contributed by atoms with Crippen LogP contribution >= 0.6 is 11.8 Å². The van der Waals surface area contributed by atoms with Crippen LogP contribution < -0.4 is 4.74 Å². The number of hydrogen-bond donors (Lipinski definition) is 1. The Labute approximate surface area is 138 Å². The van der Waals surface area contributed by atoms with Gasteiger partial charge in [0.2, 0.25) is 0 Å². The van der Waals surface area contributed by atoms with Gasteiger partial charge in [0.15, 0.2) is 16.7 Å². The summed E-state index contributed by atoms with van der Waals surface area (Å²) in [5.41, 5.74) is 0.810. The van der Waals surface area contributed by atoms with Gasteiger partial charge in [-0.15, -0.1) is 10.2 Å². The average Bonchev–Trinajstić information content (AvgIpc) is 3.22. The highest BCUT2D eigenvalue weighted by Gasteiger charge is 2.15. The van der Waals surface area contributed by atoms with Gasteiger partial charge in [-0.2, -0.15) is 0 Å². The first-order chi connectivity index (χ1) is 11.2. The summed E-state index contributed by atoms with van der Waals surface area (Å²) in [7, 11) is 3.48. The van der Waals surface area contributed by atoms with Gasteiger partial charge < -0.3 is 18.8 Å². The van der Waals surface area contributed by atoms with Crippen molar-refractivity contribution in [2.24, 2.45) is 7.05 Å². The van der Waals surface area contributed by atoms with Crippen LogP contribution in [0.2, 0.25) is 0 Å². The number of rotatable bonds is 6. The van der Waals surface area contributed by atoms with Crippen molar-refractivity contribution in [1.82, 2.24) is 14.8 Å². The number of furan rings is 1. The lowest BCUT2D eigenvalue weighted by Gasteiger charge is -2.11. The Hall–Kier alpha value is -2.25. The lowest BCUT2D eigenvalue weighted by Crippen LogP contribution is -2.02. The SMILES string of the molecule is COc1cccc(C(O)CSc2nnc(-c3ccco3)n2C)c1. The fourth-order valence-electron chi connectivity index (χ4n) is 2.16. The van der Waals surface area contributed by atoms with Crippen molar-refractivity contribution in [2.45, 2.75) is 11.3 Å². The minimum absolute atomic E-state index is 0.470. The number of thioether (sulfide) groups is 1. The standard InChI is InChI=1S/C16H17N3O3S/c1-19-15(14-7-4-8-22-14)17-18-16(19)23-10-13(20)11-5-3-6-12(9-11)21-2/h3-9,13,20H,10H2,1-2H3. The number of aliphatic hydroxyl groups is 1. The Bertz CT molecular complexity index is 771. The third-order valence-corrected chi connectivity index (χ3v) is 4.52. The zero-order valence-corrected chi connectivity index (χ0v) is 13.7. The smallest absolute Gasteiger partial charge is 0.200 e. The predicted molar refractivity (Wildman–Crippen MR) is 87.4 cm³/mol. The Balaban J connectivity index is 1.68. The van der Waals surface area contributed by atoms with E-state index in [4.69, 9.17) is 9.15 Å². The molecule has 0 aliphatic heterocycles. The van der Waals surface area contributed by atoms with Gasteiger partial charge in [0.05, 0.1) is 19.5 Å². The Kier molecular flexibility index (Phi) is 4.68. The molecule has 0 aliphatic carbocycles. The van der Waals surface area contributed by atoms with Gasteiger partial charge in [-0.25, -0.2) is 0 Å². The van der Waals surface area contributed by atoms with Crippen molar-refractivity contribution >= 4 is 11.8 Å². The van der Waals surface area contributed by atoms with Gasteiger partial charge >= 0.3 is 0 Å². The molecule has 0 bridgehead atoms. The molecule has 1 N–H and O–H groups in total. The topological polar surface area (TPSA) is 73.3 Å². The first-order valence-corrected chi connectivity index (χ1v) is 8.05. The summed E-state index contributed by atoms with van der Waals surface area (Å²) in [4.78, 5) is 0. The first kappa shape index (κ1) is 15.6. The normalized spacial score (nSPS) is 12.3. The first-order valence-electron chi connectivity index (χ1n) is 7.07. The third-order valence-electron chi connectivity index (χ3n) is 3.43. The van der Waals surface area contributed by atoms with E-state index in [-0.39, 0.29) is 0 Å². The second-order valence-electron chi connectivity index (χ2n) is 4.95. The summed E-state index contributed by atoms with van der Waals surface area (Å²) in [6, 6.07) is 11.1. The molecule has 23 heavy (non-hydrogen) atoms. The van der Waals surface area contributed by atoms with E-state index in [9.17, 15) is 5.11 Å². The third kappa shape index (κ3) is 3.40. The number of nitrogens with zero attached hydrogens (tertiary/aromatic N) is 3. The lowest BCUT2D eigenvalue weighted by molar-refractivity contribution is 0.203. The van der Waals surface area contributed by atoms with Gasteiger partial charge in [-0.05, 0) is 29.8 Å². The maximum Gasteiger partial charge on any atom is 0.200 e. The Morgan fingerprint density at radius 1 is 1.30 bits per heavy atom. The lowest BCUT2D eigenvalue weighted by atomic mass is 10.1. The van der Waals surface area contributed by atoms with Crippen molar-refractivity contribution in [3.63, 3.8) is 0 Å². The van der Waals surface area contributed by atoms with Crippen LogP contribution in [0.1, 0.15) is 11.7 Å². The molecule has 0 fully saturated rings. The highest BCUT2D eigenvalue weighted by molar-refractivity contribution is 7.99. The van der Waals surface area contributed by atoms with Crippen LogP contribution in [0.4, 0.5) is 0 Å². The van der Waals surface area contributed by atoms with Crippen molar-refractivity contribution in [3.05, 3.63) is 48.2 Å². The van der Waals surface area contributed by atoms with E-state index in [1.165, 1.54) is 11.8 Å². The Morgan fingerprint density at radius 2 is 2.17 bits per heavy atom. The van der Waals surface area contributed by atoms with Crippen molar-refractivity contribution in [1.29, 1.82) is 0 Å². The van der Waals surface area contributed by atoms with Crippen molar-refractivity contribution in [3.8, 4) is 17.3 Å². The molecule has 6 nitrogen and oxygen atoms in total. The minimum atomic E-state index is -0.612. The van der Waals surface area contributed by atoms with E-state index >= 15 is 0 Å². The van der Waals surface area contributed by atoms with Crippen LogP contribution in [0.5, 0.6) is 5.75 Å². The van der Waals surface area contributed by atoms with Crippen molar-refractivity contribution in [2.75, 3.05) is 12.9 Å². The maximum atomic E-state index is 10.3. The van der Waals surface area contributed by atoms with E-state index in [0.29, 0.717) is 17.3 Å². The summed E-state index contributed by atoms with van der Waals surface area (Å²) in [5.74, 6) is 2.52. The summed E-state index contributed by atoms with van der Waals surface area (Å²) in [5, 5.41) is 19.3. The van der Waals surface area contributed by atoms with Crippen LogP contribution in [0, 0.1) is 0 Å². The molecule has 2 aromatic heterocycles. The van der Waals surface area contributed by atoms with Crippen LogP contribution in [-0.4, -0.2) is 32.7 Å². The highest BCUT2D eigenvalue weighted by atomic mass is 32.2. The number of ether oxygens (including phenoxy) is 1. The molecular formula is C16H17N3O3S. The molecule has 120 valence electrons. The predicted octanol–water partition coefficient (Wildman–Crippen LogP) is 2.91. The molecule has 0 saturated heterocycles. The molecule has 1 unspecified atom stereocenters. The molecule has 3 rings (SSSR count). The van der Waals surface area contributed by atoms with Crippen LogP contribution in [0.15, 0.2) is 52.2 Å². The zero-order valence-electron chi connectivity index (χ0n) is 12.8. The van der Waals surface area contributed by atoms with Crippen LogP contribution in [0.25, 0.3) is 11.6 Å². The number of aliphatic hydroxyl groups excluding tert-OH is 1. The quantitative estimate of drug-likeness (QED) is 0.700. The number of methoxy groups -OCH3 is 1. The van der Waals surface area contributed by atoms with Crippen LogP contribution in [-0.2, 0) is 7.05 Å². The zero-order chi connectivity index (χ0) is 16.2. The second kappa shape index (κ2) is 6.89. The van der Waals surface area contributed by atoms with Crippen LogP contribution in [0.3, 0.4) is 0 Å². The van der Waals surface area contributed by atoms with E-state index in [2.05, 4.69) is 10.2 Å². The summed E-state index contributed by atoms with van der Waals surface area (Å²) < 4.78 is 12.4. The molecule has 0 amide bonds. The molecule has 3 aromatic rings. The molecule has 0 spiro atoms. The minimum Gasteiger partial charge on any atom is -0.497 e.